The standard InChI is InChI=1S/C22H19F4N5O2/c1-30-11-13(9-28-30)20-10-27-18-4-3-15(8-19(18)29-20)31(12-21(32)22(24,25)26)16-5-14(23)6-17(7-16)33-2/h3-11,21,32H,12H2,1-2H3/t21-/m1/s1. The number of fused-ring (bicyclic) bond motifs is 1. The molecule has 0 bridgehead atoms. The van der Waals surface area contributed by atoms with Crippen molar-refractivity contribution in [1.82, 2.24) is 19.7 Å². The molecule has 4 rings (SSSR count). The number of anilines is 2. The highest BCUT2D eigenvalue weighted by atomic mass is 19.4. The molecule has 0 aliphatic carbocycles. The third-order valence-electron chi connectivity index (χ3n) is 4.97. The summed E-state index contributed by atoms with van der Waals surface area (Å²) in [6.07, 6.45) is -2.59. The number of nitrogens with zero attached hydrogens (tertiary/aromatic N) is 5. The maximum absolute atomic E-state index is 14.1. The average molecular weight is 461 g/mol. The van der Waals surface area contributed by atoms with E-state index in [4.69, 9.17) is 4.74 Å². The molecule has 33 heavy (non-hydrogen) atoms. The van der Waals surface area contributed by atoms with Crippen molar-refractivity contribution >= 4 is 22.4 Å². The number of hydrogen-bond acceptors (Lipinski definition) is 6. The monoisotopic (exact) mass is 461 g/mol. The second-order valence-electron chi connectivity index (χ2n) is 7.35. The second kappa shape index (κ2) is 8.66. The van der Waals surface area contributed by atoms with Crippen molar-refractivity contribution in [2.45, 2.75) is 12.3 Å². The number of alkyl halides is 3. The summed E-state index contributed by atoms with van der Waals surface area (Å²) in [5, 5.41) is 13.9. The molecule has 0 spiro atoms. The van der Waals surface area contributed by atoms with Crippen molar-refractivity contribution in [2.24, 2.45) is 7.05 Å². The second-order valence-corrected chi connectivity index (χ2v) is 7.35. The molecule has 4 aromatic rings. The Morgan fingerprint density at radius 1 is 1.09 bits per heavy atom. The number of methoxy groups -OCH3 is 1. The van der Waals surface area contributed by atoms with E-state index in [1.54, 1.807) is 36.4 Å². The van der Waals surface area contributed by atoms with Gasteiger partial charge in [-0.1, -0.05) is 0 Å². The van der Waals surface area contributed by atoms with E-state index in [0.29, 0.717) is 16.7 Å². The quantitative estimate of drug-likeness (QED) is 0.433. The molecular weight excluding hydrogens is 442 g/mol. The molecule has 0 saturated carbocycles. The molecule has 0 amide bonds. The number of aliphatic hydroxyl groups excluding tert-OH is 1. The third-order valence-corrected chi connectivity index (χ3v) is 4.97. The van der Waals surface area contributed by atoms with Gasteiger partial charge in [-0.25, -0.2) is 9.37 Å². The third kappa shape index (κ3) is 4.87. The Bertz CT molecular complexity index is 1290. The van der Waals surface area contributed by atoms with E-state index in [0.717, 1.165) is 22.6 Å². The maximum atomic E-state index is 14.1. The molecule has 172 valence electrons. The van der Waals surface area contributed by atoms with Crippen molar-refractivity contribution in [3.63, 3.8) is 0 Å². The summed E-state index contributed by atoms with van der Waals surface area (Å²) in [5.74, 6) is -0.578. The van der Waals surface area contributed by atoms with Crippen molar-refractivity contribution in [1.29, 1.82) is 0 Å². The highest BCUT2D eigenvalue weighted by Gasteiger charge is 2.39. The van der Waals surface area contributed by atoms with Crippen LogP contribution in [-0.2, 0) is 7.05 Å². The van der Waals surface area contributed by atoms with Gasteiger partial charge in [0.1, 0.15) is 11.6 Å². The zero-order valence-electron chi connectivity index (χ0n) is 17.6. The Morgan fingerprint density at radius 2 is 1.88 bits per heavy atom. The molecule has 0 saturated heterocycles. The number of hydrogen-bond donors (Lipinski definition) is 1. The molecule has 0 fully saturated rings. The number of rotatable bonds is 6. The topological polar surface area (TPSA) is 76.3 Å². The molecule has 11 heteroatoms. The van der Waals surface area contributed by atoms with E-state index >= 15 is 0 Å². The first kappa shape index (κ1) is 22.5. The van der Waals surface area contributed by atoms with Crippen molar-refractivity contribution in [3.05, 3.63) is 60.8 Å². The fraction of sp³-hybridized carbons (Fsp3) is 0.227. The van der Waals surface area contributed by atoms with Crippen LogP contribution in [0.2, 0.25) is 0 Å². The number of aromatic nitrogens is 4. The lowest BCUT2D eigenvalue weighted by Crippen LogP contribution is -2.39. The first-order chi connectivity index (χ1) is 15.6. The molecule has 2 heterocycles. The number of ether oxygens (including phenoxy) is 1. The van der Waals surface area contributed by atoms with Gasteiger partial charge in [0.05, 0.1) is 42.8 Å². The normalized spacial score (nSPS) is 12.7. The minimum absolute atomic E-state index is 0.0749. The first-order valence-corrected chi connectivity index (χ1v) is 9.77. The summed E-state index contributed by atoms with van der Waals surface area (Å²) in [4.78, 5) is 10.1. The smallest absolute Gasteiger partial charge is 0.416 e. The van der Waals surface area contributed by atoms with E-state index in [2.05, 4.69) is 15.1 Å². The van der Waals surface area contributed by atoms with Gasteiger partial charge in [-0.3, -0.25) is 9.67 Å². The van der Waals surface area contributed by atoms with Crippen LogP contribution in [0.15, 0.2) is 55.0 Å². The molecule has 0 aliphatic rings. The summed E-state index contributed by atoms with van der Waals surface area (Å²) in [6.45, 7) is -0.864. The predicted molar refractivity (Wildman–Crippen MR) is 114 cm³/mol. The summed E-state index contributed by atoms with van der Waals surface area (Å²) in [6, 6.07) is 8.20. The largest absolute Gasteiger partial charge is 0.497 e. The van der Waals surface area contributed by atoms with Gasteiger partial charge in [-0.2, -0.15) is 18.3 Å². The van der Waals surface area contributed by atoms with Gasteiger partial charge in [0.25, 0.3) is 0 Å². The number of aryl methyl sites for hydroxylation is 1. The number of aliphatic hydroxyl groups is 1. The molecule has 7 nitrogen and oxygen atoms in total. The van der Waals surface area contributed by atoms with Gasteiger partial charge in [0.2, 0.25) is 0 Å². The zero-order chi connectivity index (χ0) is 23.8. The highest BCUT2D eigenvalue weighted by molar-refractivity contribution is 5.82. The van der Waals surface area contributed by atoms with Crippen LogP contribution in [0.4, 0.5) is 28.9 Å². The predicted octanol–water partition coefficient (Wildman–Crippen LogP) is 4.24. The van der Waals surface area contributed by atoms with Crippen LogP contribution < -0.4 is 9.64 Å². The average Bonchev–Trinajstić information content (AvgIpc) is 3.21. The van der Waals surface area contributed by atoms with Gasteiger partial charge in [-0.05, 0) is 24.3 Å². The van der Waals surface area contributed by atoms with Crippen LogP contribution in [0, 0.1) is 5.82 Å². The molecule has 1 N–H and O–H groups in total. The van der Waals surface area contributed by atoms with Gasteiger partial charge < -0.3 is 14.7 Å². The van der Waals surface area contributed by atoms with Gasteiger partial charge >= 0.3 is 6.18 Å². The van der Waals surface area contributed by atoms with Crippen LogP contribution in [0.25, 0.3) is 22.3 Å². The number of halogens is 4. The van der Waals surface area contributed by atoms with E-state index < -0.39 is 24.6 Å². The van der Waals surface area contributed by atoms with Crippen LogP contribution in [0.5, 0.6) is 5.75 Å². The maximum Gasteiger partial charge on any atom is 0.416 e. The van der Waals surface area contributed by atoms with E-state index in [9.17, 15) is 22.7 Å². The molecule has 1 atom stereocenters. The fourth-order valence-corrected chi connectivity index (χ4v) is 3.32. The molecule has 2 aromatic heterocycles. The molecule has 0 radical (unpaired) electrons. The number of benzene rings is 2. The Balaban J connectivity index is 1.81. The van der Waals surface area contributed by atoms with Gasteiger partial charge in [0.15, 0.2) is 6.10 Å². The lowest BCUT2D eigenvalue weighted by atomic mass is 10.1. The van der Waals surface area contributed by atoms with E-state index in [1.165, 1.54) is 25.3 Å². The minimum Gasteiger partial charge on any atom is -0.497 e. The van der Waals surface area contributed by atoms with E-state index in [-0.39, 0.29) is 17.1 Å². The summed E-state index contributed by atoms with van der Waals surface area (Å²) in [7, 11) is 3.08. The Kier molecular flexibility index (Phi) is 5.90. The first-order valence-electron chi connectivity index (χ1n) is 9.77. The van der Waals surface area contributed by atoms with Crippen LogP contribution in [0.1, 0.15) is 0 Å². The highest BCUT2D eigenvalue weighted by Crippen LogP contribution is 2.33. The van der Waals surface area contributed by atoms with Crippen molar-refractivity contribution in [3.8, 4) is 17.0 Å². The molecule has 0 unspecified atom stereocenters. The van der Waals surface area contributed by atoms with Crippen molar-refractivity contribution in [2.75, 3.05) is 18.6 Å². The fourth-order valence-electron chi connectivity index (χ4n) is 3.32. The molecule has 2 aromatic carbocycles. The van der Waals surface area contributed by atoms with Gasteiger partial charge in [0, 0.05) is 42.3 Å². The molecule has 0 aliphatic heterocycles. The summed E-state index contributed by atoms with van der Waals surface area (Å²) < 4.78 is 60.3. The van der Waals surface area contributed by atoms with E-state index in [1.807, 2.05) is 0 Å². The van der Waals surface area contributed by atoms with Crippen molar-refractivity contribution < 1.29 is 27.4 Å². The van der Waals surface area contributed by atoms with Crippen LogP contribution >= 0.6 is 0 Å². The Labute approximate surface area is 185 Å². The molecular formula is C22H19F4N5O2. The zero-order valence-corrected chi connectivity index (χ0v) is 17.6. The lowest BCUT2D eigenvalue weighted by molar-refractivity contribution is -0.199. The SMILES string of the molecule is COc1cc(F)cc(N(C[C@@H](O)C(F)(F)F)c2ccc3ncc(-c4cnn(C)c4)nc3c2)c1. The lowest BCUT2D eigenvalue weighted by Gasteiger charge is -2.28. The van der Waals surface area contributed by atoms with Crippen LogP contribution in [0.3, 0.4) is 0 Å². The Morgan fingerprint density at radius 3 is 2.55 bits per heavy atom. The Hall–Kier alpha value is -3.73. The summed E-state index contributed by atoms with van der Waals surface area (Å²) >= 11 is 0. The summed E-state index contributed by atoms with van der Waals surface area (Å²) in [5.41, 5.74) is 2.50. The van der Waals surface area contributed by atoms with Gasteiger partial charge in [-0.15, -0.1) is 0 Å². The van der Waals surface area contributed by atoms with Crippen LogP contribution in [-0.4, -0.2) is 50.8 Å². The minimum atomic E-state index is -4.86.